The van der Waals surface area contributed by atoms with Crippen LogP contribution in [0.5, 0.6) is 0 Å². The molecule has 106 valence electrons. The highest BCUT2D eigenvalue weighted by Crippen LogP contribution is 2.20. The minimum absolute atomic E-state index is 0.112. The highest BCUT2D eigenvalue weighted by Gasteiger charge is 2.15. The Labute approximate surface area is 118 Å². The van der Waals surface area contributed by atoms with E-state index in [0.29, 0.717) is 6.54 Å². The molecule has 5 nitrogen and oxygen atoms in total. The Morgan fingerprint density at radius 1 is 1.30 bits per heavy atom. The maximum Gasteiger partial charge on any atom is 0.315 e. The second kappa shape index (κ2) is 6.75. The molecule has 2 rings (SSSR count). The Bertz CT molecular complexity index is 550. The van der Waals surface area contributed by atoms with Crippen molar-refractivity contribution in [1.29, 1.82) is 0 Å². The van der Waals surface area contributed by atoms with Gasteiger partial charge in [0.15, 0.2) is 0 Å². The van der Waals surface area contributed by atoms with Crippen molar-refractivity contribution >= 4 is 6.03 Å². The van der Waals surface area contributed by atoms with Gasteiger partial charge in [-0.25, -0.2) is 9.78 Å². The van der Waals surface area contributed by atoms with E-state index >= 15 is 0 Å². The van der Waals surface area contributed by atoms with Crippen molar-refractivity contribution in [3.63, 3.8) is 0 Å². The fourth-order valence-corrected chi connectivity index (χ4v) is 2.01. The van der Waals surface area contributed by atoms with Crippen LogP contribution in [0.4, 0.5) is 4.79 Å². The minimum atomic E-state index is -0.169. The van der Waals surface area contributed by atoms with E-state index < -0.39 is 0 Å². The monoisotopic (exact) mass is 272 g/mol. The number of carbonyl (C=O) groups is 1. The zero-order valence-corrected chi connectivity index (χ0v) is 11.8. The number of rotatable bonds is 5. The molecule has 3 N–H and O–H groups in total. The van der Waals surface area contributed by atoms with E-state index in [2.05, 4.69) is 20.6 Å². The third-order valence-electron chi connectivity index (χ3n) is 3.06. The van der Waals surface area contributed by atoms with Gasteiger partial charge in [-0.05, 0) is 18.9 Å². The molecule has 0 radical (unpaired) electrons. The number of amides is 2. The standard InChI is InChI=1S/C15H20N4O/c1-3-12(19-15(20)16-4-2)14-17-10-13(18-14)11-8-6-5-7-9-11/h5-10,12H,3-4H2,1-2H3,(H,17,18)(H2,16,19,20)/t12-/m1/s1. The summed E-state index contributed by atoms with van der Waals surface area (Å²) in [6, 6.07) is 9.72. The number of hydrogen-bond acceptors (Lipinski definition) is 2. The van der Waals surface area contributed by atoms with Gasteiger partial charge in [-0.15, -0.1) is 0 Å². The molecule has 1 aromatic carbocycles. The molecule has 1 atom stereocenters. The van der Waals surface area contributed by atoms with Crippen LogP contribution in [0.25, 0.3) is 11.3 Å². The average molecular weight is 272 g/mol. The second-order valence-corrected chi connectivity index (χ2v) is 4.51. The molecule has 0 saturated carbocycles. The van der Waals surface area contributed by atoms with Crippen LogP contribution in [-0.2, 0) is 0 Å². The molecule has 0 aliphatic rings. The summed E-state index contributed by atoms with van der Waals surface area (Å²) in [5, 5.41) is 5.63. The second-order valence-electron chi connectivity index (χ2n) is 4.51. The van der Waals surface area contributed by atoms with Crippen LogP contribution in [0, 0.1) is 0 Å². The van der Waals surface area contributed by atoms with E-state index in [0.717, 1.165) is 23.5 Å². The molecule has 0 fully saturated rings. The zero-order chi connectivity index (χ0) is 14.4. The van der Waals surface area contributed by atoms with Gasteiger partial charge in [-0.1, -0.05) is 37.3 Å². The number of aromatic amines is 1. The molecule has 0 bridgehead atoms. The number of urea groups is 1. The summed E-state index contributed by atoms with van der Waals surface area (Å²) in [5.41, 5.74) is 2.04. The number of hydrogen-bond donors (Lipinski definition) is 3. The van der Waals surface area contributed by atoms with Gasteiger partial charge in [0.2, 0.25) is 0 Å². The Morgan fingerprint density at radius 2 is 2.05 bits per heavy atom. The van der Waals surface area contributed by atoms with Crippen LogP contribution in [0.1, 0.15) is 32.1 Å². The van der Waals surface area contributed by atoms with E-state index in [1.807, 2.05) is 44.2 Å². The van der Waals surface area contributed by atoms with Crippen molar-refractivity contribution in [3.8, 4) is 11.3 Å². The van der Waals surface area contributed by atoms with Gasteiger partial charge in [-0.3, -0.25) is 0 Å². The van der Waals surface area contributed by atoms with E-state index in [9.17, 15) is 4.79 Å². The first-order valence-electron chi connectivity index (χ1n) is 6.89. The molecule has 0 unspecified atom stereocenters. The number of imidazole rings is 1. The average Bonchev–Trinajstić information content (AvgIpc) is 2.95. The Balaban J connectivity index is 2.12. The minimum Gasteiger partial charge on any atom is -0.340 e. The Kier molecular flexibility index (Phi) is 4.76. The number of benzene rings is 1. The highest BCUT2D eigenvalue weighted by atomic mass is 16.2. The topological polar surface area (TPSA) is 69.8 Å². The molecular formula is C15H20N4O. The number of H-pyrrole nitrogens is 1. The number of carbonyl (C=O) groups excluding carboxylic acids is 1. The van der Waals surface area contributed by atoms with Crippen molar-refractivity contribution < 1.29 is 4.79 Å². The molecular weight excluding hydrogens is 252 g/mol. The fourth-order valence-electron chi connectivity index (χ4n) is 2.01. The molecule has 2 amide bonds. The molecule has 0 spiro atoms. The molecule has 2 aromatic rings. The Morgan fingerprint density at radius 3 is 2.70 bits per heavy atom. The molecule has 0 saturated heterocycles. The first-order chi connectivity index (χ1) is 9.74. The summed E-state index contributed by atoms with van der Waals surface area (Å²) in [6.45, 7) is 4.51. The maximum absolute atomic E-state index is 11.6. The van der Waals surface area contributed by atoms with Crippen LogP contribution < -0.4 is 10.6 Å². The van der Waals surface area contributed by atoms with Gasteiger partial charge in [0.25, 0.3) is 0 Å². The summed E-state index contributed by atoms with van der Waals surface area (Å²) in [6.07, 6.45) is 2.58. The summed E-state index contributed by atoms with van der Waals surface area (Å²) in [7, 11) is 0. The lowest BCUT2D eigenvalue weighted by atomic mass is 10.2. The zero-order valence-electron chi connectivity index (χ0n) is 11.8. The van der Waals surface area contributed by atoms with Crippen LogP contribution >= 0.6 is 0 Å². The van der Waals surface area contributed by atoms with Crippen molar-refractivity contribution in [3.05, 3.63) is 42.4 Å². The summed E-state index contributed by atoms with van der Waals surface area (Å²) < 4.78 is 0. The normalized spacial score (nSPS) is 11.9. The highest BCUT2D eigenvalue weighted by molar-refractivity contribution is 5.74. The van der Waals surface area contributed by atoms with Crippen molar-refractivity contribution in [2.24, 2.45) is 0 Å². The number of nitrogens with one attached hydrogen (secondary N) is 3. The van der Waals surface area contributed by atoms with Crippen LogP contribution in [0.2, 0.25) is 0 Å². The molecule has 1 heterocycles. The van der Waals surface area contributed by atoms with Crippen LogP contribution in [0.3, 0.4) is 0 Å². The van der Waals surface area contributed by atoms with E-state index in [4.69, 9.17) is 0 Å². The first kappa shape index (κ1) is 14.1. The van der Waals surface area contributed by atoms with Gasteiger partial charge in [0.1, 0.15) is 5.82 Å². The fraction of sp³-hybridized carbons (Fsp3) is 0.333. The van der Waals surface area contributed by atoms with Crippen LogP contribution in [0.15, 0.2) is 36.5 Å². The summed E-state index contributed by atoms with van der Waals surface area (Å²) >= 11 is 0. The van der Waals surface area contributed by atoms with Crippen molar-refractivity contribution in [1.82, 2.24) is 20.6 Å². The predicted molar refractivity (Wildman–Crippen MR) is 79.3 cm³/mol. The van der Waals surface area contributed by atoms with Gasteiger partial charge in [-0.2, -0.15) is 0 Å². The van der Waals surface area contributed by atoms with E-state index in [1.54, 1.807) is 6.20 Å². The quantitative estimate of drug-likeness (QED) is 0.783. The van der Waals surface area contributed by atoms with E-state index in [-0.39, 0.29) is 12.1 Å². The van der Waals surface area contributed by atoms with Gasteiger partial charge >= 0.3 is 6.03 Å². The third-order valence-corrected chi connectivity index (χ3v) is 3.06. The molecule has 0 aliphatic heterocycles. The predicted octanol–water partition coefficient (Wildman–Crippen LogP) is 2.85. The number of aromatic nitrogens is 2. The van der Waals surface area contributed by atoms with Crippen LogP contribution in [-0.4, -0.2) is 22.5 Å². The molecule has 5 heteroatoms. The van der Waals surface area contributed by atoms with Crippen molar-refractivity contribution in [2.75, 3.05) is 6.54 Å². The smallest absolute Gasteiger partial charge is 0.315 e. The molecule has 1 aromatic heterocycles. The molecule has 20 heavy (non-hydrogen) atoms. The van der Waals surface area contributed by atoms with Gasteiger partial charge in [0.05, 0.1) is 17.9 Å². The van der Waals surface area contributed by atoms with Gasteiger partial charge < -0.3 is 15.6 Å². The van der Waals surface area contributed by atoms with Crippen molar-refractivity contribution in [2.45, 2.75) is 26.3 Å². The number of nitrogens with zero attached hydrogens (tertiary/aromatic N) is 1. The lowest BCUT2D eigenvalue weighted by Gasteiger charge is -2.14. The summed E-state index contributed by atoms with van der Waals surface area (Å²) in [4.78, 5) is 19.3. The lowest BCUT2D eigenvalue weighted by Crippen LogP contribution is -2.37. The van der Waals surface area contributed by atoms with E-state index in [1.165, 1.54) is 0 Å². The SMILES string of the molecule is CCNC(=O)N[C@H](CC)c1ncc(-c2ccccc2)[nH]1. The largest absolute Gasteiger partial charge is 0.340 e. The van der Waals surface area contributed by atoms with Gasteiger partial charge in [0, 0.05) is 6.54 Å². The Hall–Kier alpha value is -2.30. The molecule has 0 aliphatic carbocycles. The first-order valence-corrected chi connectivity index (χ1v) is 6.89. The lowest BCUT2D eigenvalue weighted by molar-refractivity contribution is 0.236. The summed E-state index contributed by atoms with van der Waals surface area (Å²) in [5.74, 6) is 0.776. The maximum atomic E-state index is 11.6. The third kappa shape index (κ3) is 3.38.